The Morgan fingerprint density at radius 1 is 1.30 bits per heavy atom. The van der Waals surface area contributed by atoms with Crippen LogP contribution < -0.4 is 4.72 Å². The predicted molar refractivity (Wildman–Crippen MR) is 76.2 cm³/mol. The summed E-state index contributed by atoms with van der Waals surface area (Å²) in [4.78, 5) is 4.19. The van der Waals surface area contributed by atoms with Gasteiger partial charge in [-0.15, -0.1) is 0 Å². The van der Waals surface area contributed by atoms with Crippen LogP contribution in [0.3, 0.4) is 0 Å². The lowest BCUT2D eigenvalue weighted by atomic mass is 10.2. The fourth-order valence-electron chi connectivity index (χ4n) is 2.46. The number of aryl methyl sites for hydroxylation is 1. The molecule has 0 amide bonds. The van der Waals surface area contributed by atoms with E-state index in [2.05, 4.69) is 14.8 Å². The van der Waals surface area contributed by atoms with Gasteiger partial charge in [-0.1, -0.05) is 13.3 Å². The monoisotopic (exact) mass is 301 g/mol. The third-order valence-electron chi connectivity index (χ3n) is 3.61. The number of piperidine rings is 1. The highest BCUT2D eigenvalue weighted by Gasteiger charge is 2.28. The zero-order valence-electron chi connectivity index (χ0n) is 12.1. The van der Waals surface area contributed by atoms with E-state index in [-0.39, 0.29) is 6.04 Å². The van der Waals surface area contributed by atoms with Gasteiger partial charge in [0.15, 0.2) is 0 Å². The Morgan fingerprint density at radius 2 is 2.00 bits per heavy atom. The number of nitrogens with zero attached hydrogens (tertiary/aromatic N) is 4. The first-order valence-corrected chi connectivity index (χ1v) is 8.67. The molecule has 0 radical (unpaired) electrons. The topological polar surface area (TPSA) is 80.1 Å². The molecule has 1 aliphatic heterocycles. The molecule has 0 aliphatic carbocycles. The van der Waals surface area contributed by atoms with Crippen LogP contribution in [0.2, 0.25) is 0 Å². The van der Waals surface area contributed by atoms with Crippen molar-refractivity contribution in [3.63, 3.8) is 0 Å². The average Bonchev–Trinajstić information content (AvgIpc) is 2.94. The van der Waals surface area contributed by atoms with Crippen LogP contribution in [0.15, 0.2) is 6.33 Å². The molecule has 1 aromatic rings. The molecule has 7 nitrogen and oxygen atoms in total. The van der Waals surface area contributed by atoms with Crippen LogP contribution in [-0.4, -0.2) is 40.6 Å². The van der Waals surface area contributed by atoms with Gasteiger partial charge in [-0.3, -0.25) is 0 Å². The number of hydrogen-bond acceptors (Lipinski definition) is 4. The maximum absolute atomic E-state index is 12.4. The van der Waals surface area contributed by atoms with Gasteiger partial charge in [0.25, 0.3) is 10.2 Å². The zero-order valence-corrected chi connectivity index (χ0v) is 12.9. The SMILES string of the molecule is CC[C@H](NS(=O)(=O)N1CCCCC1)c1ncnn1CC. The Hall–Kier alpha value is -0.990. The van der Waals surface area contributed by atoms with Crippen LogP contribution >= 0.6 is 0 Å². The second-order valence-electron chi connectivity index (χ2n) is 4.98. The van der Waals surface area contributed by atoms with Crippen molar-refractivity contribution in [2.45, 2.75) is 52.1 Å². The van der Waals surface area contributed by atoms with Gasteiger partial charge >= 0.3 is 0 Å². The van der Waals surface area contributed by atoms with Crippen LogP contribution in [0.25, 0.3) is 0 Å². The van der Waals surface area contributed by atoms with E-state index in [1.165, 1.54) is 10.6 Å². The van der Waals surface area contributed by atoms with E-state index in [1.807, 2.05) is 13.8 Å². The summed E-state index contributed by atoms with van der Waals surface area (Å²) in [7, 11) is -3.44. The maximum Gasteiger partial charge on any atom is 0.280 e. The lowest BCUT2D eigenvalue weighted by molar-refractivity contribution is 0.336. The molecule has 1 fully saturated rings. The summed E-state index contributed by atoms with van der Waals surface area (Å²) in [6, 6.07) is -0.329. The van der Waals surface area contributed by atoms with Crippen molar-refractivity contribution < 1.29 is 8.42 Å². The van der Waals surface area contributed by atoms with Gasteiger partial charge in [-0.2, -0.15) is 22.5 Å². The first-order chi connectivity index (χ1) is 9.58. The summed E-state index contributed by atoms with van der Waals surface area (Å²) in [5.41, 5.74) is 0. The van der Waals surface area contributed by atoms with Gasteiger partial charge in [-0.05, 0) is 26.2 Å². The summed E-state index contributed by atoms with van der Waals surface area (Å²) >= 11 is 0. The van der Waals surface area contributed by atoms with Gasteiger partial charge in [-0.25, -0.2) is 9.67 Å². The Kier molecular flexibility index (Phi) is 5.11. The van der Waals surface area contributed by atoms with E-state index in [0.717, 1.165) is 19.3 Å². The van der Waals surface area contributed by atoms with Crippen molar-refractivity contribution in [1.29, 1.82) is 0 Å². The molecule has 8 heteroatoms. The van der Waals surface area contributed by atoms with E-state index in [0.29, 0.717) is 31.9 Å². The van der Waals surface area contributed by atoms with Crippen molar-refractivity contribution in [2.24, 2.45) is 0 Å². The molecule has 1 saturated heterocycles. The summed E-state index contributed by atoms with van der Waals surface area (Å²) in [6.07, 6.45) is 5.08. The van der Waals surface area contributed by atoms with Crippen molar-refractivity contribution >= 4 is 10.2 Å². The molecule has 2 rings (SSSR count). The highest BCUT2D eigenvalue weighted by molar-refractivity contribution is 7.87. The summed E-state index contributed by atoms with van der Waals surface area (Å²) < 4.78 is 30.8. The number of aromatic nitrogens is 3. The highest BCUT2D eigenvalue weighted by atomic mass is 32.2. The first-order valence-electron chi connectivity index (χ1n) is 7.23. The van der Waals surface area contributed by atoms with E-state index in [1.54, 1.807) is 4.68 Å². The van der Waals surface area contributed by atoms with Gasteiger partial charge < -0.3 is 0 Å². The van der Waals surface area contributed by atoms with Crippen molar-refractivity contribution in [3.05, 3.63) is 12.2 Å². The van der Waals surface area contributed by atoms with Crippen LogP contribution in [-0.2, 0) is 16.8 Å². The van der Waals surface area contributed by atoms with E-state index >= 15 is 0 Å². The molecule has 0 unspecified atom stereocenters. The molecular formula is C12H23N5O2S. The molecule has 0 aromatic carbocycles. The van der Waals surface area contributed by atoms with Gasteiger partial charge in [0.2, 0.25) is 0 Å². The molecule has 0 bridgehead atoms. The third-order valence-corrected chi connectivity index (χ3v) is 5.24. The fraction of sp³-hybridized carbons (Fsp3) is 0.833. The van der Waals surface area contributed by atoms with E-state index < -0.39 is 10.2 Å². The largest absolute Gasteiger partial charge is 0.280 e. The van der Waals surface area contributed by atoms with Crippen molar-refractivity contribution in [3.8, 4) is 0 Å². The van der Waals surface area contributed by atoms with E-state index in [4.69, 9.17) is 0 Å². The smallest absolute Gasteiger partial charge is 0.249 e. The summed E-state index contributed by atoms with van der Waals surface area (Å²) in [6.45, 7) is 5.79. The lowest BCUT2D eigenvalue weighted by Gasteiger charge is -2.28. The summed E-state index contributed by atoms with van der Waals surface area (Å²) in [5, 5.41) is 4.10. The lowest BCUT2D eigenvalue weighted by Crippen LogP contribution is -2.45. The minimum absolute atomic E-state index is 0.329. The zero-order chi connectivity index (χ0) is 14.6. The van der Waals surface area contributed by atoms with Crippen LogP contribution in [0.4, 0.5) is 0 Å². The molecule has 1 aliphatic rings. The minimum atomic E-state index is -3.44. The molecule has 1 N–H and O–H groups in total. The normalized spacial score (nSPS) is 19.1. The molecule has 20 heavy (non-hydrogen) atoms. The Labute approximate surface area is 120 Å². The molecule has 114 valence electrons. The molecule has 0 spiro atoms. The highest BCUT2D eigenvalue weighted by Crippen LogP contribution is 2.18. The van der Waals surface area contributed by atoms with Crippen LogP contribution in [0.1, 0.15) is 51.4 Å². The quantitative estimate of drug-likeness (QED) is 0.852. The van der Waals surface area contributed by atoms with Crippen LogP contribution in [0.5, 0.6) is 0 Å². The molecule has 2 heterocycles. The standard InChI is InChI=1S/C12H23N5O2S/c1-3-11(12-13-10-14-17(12)4-2)15-20(18,19)16-8-6-5-7-9-16/h10-11,15H,3-9H2,1-2H3/t11-/m0/s1. The van der Waals surface area contributed by atoms with Crippen molar-refractivity contribution in [2.75, 3.05) is 13.1 Å². The second-order valence-corrected chi connectivity index (χ2v) is 6.68. The van der Waals surface area contributed by atoms with Gasteiger partial charge in [0.05, 0.1) is 6.04 Å². The Bertz CT molecular complexity index is 522. The number of hydrogen-bond donors (Lipinski definition) is 1. The maximum atomic E-state index is 12.4. The first kappa shape index (κ1) is 15.4. The molecular weight excluding hydrogens is 278 g/mol. The predicted octanol–water partition coefficient (Wildman–Crippen LogP) is 1.07. The summed E-state index contributed by atoms with van der Waals surface area (Å²) in [5.74, 6) is 0.676. The third kappa shape index (κ3) is 3.36. The molecule has 0 saturated carbocycles. The Balaban J connectivity index is 2.13. The second kappa shape index (κ2) is 6.64. The minimum Gasteiger partial charge on any atom is -0.249 e. The number of rotatable bonds is 6. The van der Waals surface area contributed by atoms with Gasteiger partial charge in [0.1, 0.15) is 12.2 Å². The van der Waals surface area contributed by atoms with Crippen LogP contribution in [0, 0.1) is 0 Å². The fourth-order valence-corrected chi connectivity index (χ4v) is 3.98. The van der Waals surface area contributed by atoms with Gasteiger partial charge in [0, 0.05) is 19.6 Å². The van der Waals surface area contributed by atoms with Crippen molar-refractivity contribution in [1.82, 2.24) is 23.8 Å². The number of nitrogens with one attached hydrogen (secondary N) is 1. The molecule has 1 aromatic heterocycles. The Morgan fingerprint density at radius 3 is 2.60 bits per heavy atom. The molecule has 1 atom stereocenters. The van der Waals surface area contributed by atoms with E-state index in [9.17, 15) is 8.42 Å². The average molecular weight is 301 g/mol.